The van der Waals surface area contributed by atoms with Crippen LogP contribution in [-0.4, -0.2) is 54.5 Å². The molecule has 0 aliphatic heterocycles. The van der Waals surface area contributed by atoms with Gasteiger partial charge in [-0.25, -0.2) is 9.97 Å². The Kier molecular flexibility index (Phi) is 6.69. The summed E-state index contributed by atoms with van der Waals surface area (Å²) in [6, 6.07) is 10.2. The van der Waals surface area contributed by atoms with Crippen molar-refractivity contribution in [3.8, 4) is 0 Å². The van der Waals surface area contributed by atoms with Crippen molar-refractivity contribution < 1.29 is 4.79 Å². The average molecular weight is 327 g/mol. The molecule has 1 aromatic heterocycles. The second kappa shape index (κ2) is 8.98. The van der Waals surface area contributed by atoms with Gasteiger partial charge in [-0.3, -0.25) is 4.79 Å². The lowest BCUT2D eigenvalue weighted by Gasteiger charge is -2.20. The topological polar surface area (TPSA) is 61.4 Å². The molecule has 0 saturated heterocycles. The molecule has 0 spiro atoms. The smallest absolute Gasteiger partial charge is 0.254 e. The van der Waals surface area contributed by atoms with Crippen LogP contribution in [0.25, 0.3) is 0 Å². The molecule has 1 N–H and O–H groups in total. The maximum absolute atomic E-state index is 12.0. The summed E-state index contributed by atoms with van der Waals surface area (Å²) >= 11 is 0. The highest BCUT2D eigenvalue weighted by Crippen LogP contribution is 2.12. The van der Waals surface area contributed by atoms with E-state index < -0.39 is 0 Å². The van der Waals surface area contributed by atoms with Crippen molar-refractivity contribution in [1.82, 2.24) is 20.2 Å². The fourth-order valence-corrected chi connectivity index (χ4v) is 2.22. The number of rotatable bonds is 8. The Hall–Kier alpha value is -2.47. The van der Waals surface area contributed by atoms with Gasteiger partial charge in [0.2, 0.25) is 5.95 Å². The van der Waals surface area contributed by atoms with E-state index in [-0.39, 0.29) is 5.91 Å². The first-order chi connectivity index (χ1) is 11.6. The number of nitrogens with one attached hydrogen (secondary N) is 1. The summed E-state index contributed by atoms with van der Waals surface area (Å²) in [6.07, 6.45) is 3.17. The summed E-state index contributed by atoms with van der Waals surface area (Å²) in [4.78, 5) is 24.8. The van der Waals surface area contributed by atoms with Gasteiger partial charge in [0.05, 0.1) is 5.56 Å². The summed E-state index contributed by atoms with van der Waals surface area (Å²) in [5.74, 6) is 0.487. The first-order valence-corrected chi connectivity index (χ1v) is 8.14. The summed E-state index contributed by atoms with van der Waals surface area (Å²) in [5.41, 5.74) is 1.68. The second-order valence-electron chi connectivity index (χ2n) is 5.83. The zero-order valence-corrected chi connectivity index (χ0v) is 14.6. The largest absolute Gasteiger partial charge is 0.351 e. The Labute approximate surface area is 143 Å². The third kappa shape index (κ3) is 5.31. The zero-order valence-electron chi connectivity index (χ0n) is 14.6. The van der Waals surface area contributed by atoms with Gasteiger partial charge in [0.1, 0.15) is 0 Å². The van der Waals surface area contributed by atoms with Crippen LogP contribution in [0.4, 0.5) is 5.95 Å². The number of hydrogen-bond acceptors (Lipinski definition) is 5. The van der Waals surface area contributed by atoms with E-state index in [1.165, 1.54) is 5.56 Å². The lowest BCUT2D eigenvalue weighted by atomic mass is 10.2. The SMILES string of the molecule is CCN(Cc1ccccc1)c1ncc(C(=O)NCCN(C)C)cn1. The number of carbonyl (C=O) groups excluding carboxylic acids is 1. The molecule has 24 heavy (non-hydrogen) atoms. The number of likely N-dealkylation sites (N-methyl/N-ethyl adjacent to an activating group) is 1. The van der Waals surface area contributed by atoms with E-state index in [9.17, 15) is 4.79 Å². The van der Waals surface area contributed by atoms with Gasteiger partial charge >= 0.3 is 0 Å². The lowest BCUT2D eigenvalue weighted by Crippen LogP contribution is -2.31. The minimum Gasteiger partial charge on any atom is -0.351 e. The number of carbonyl (C=O) groups is 1. The maximum atomic E-state index is 12.0. The molecule has 0 aliphatic rings. The van der Waals surface area contributed by atoms with E-state index in [1.54, 1.807) is 12.4 Å². The van der Waals surface area contributed by atoms with Crippen LogP contribution in [-0.2, 0) is 6.54 Å². The normalized spacial score (nSPS) is 10.7. The lowest BCUT2D eigenvalue weighted by molar-refractivity contribution is 0.0950. The van der Waals surface area contributed by atoms with Gasteiger partial charge in [0, 0.05) is 38.6 Å². The van der Waals surface area contributed by atoms with Crippen molar-refractivity contribution in [1.29, 1.82) is 0 Å². The van der Waals surface area contributed by atoms with Crippen molar-refractivity contribution in [2.75, 3.05) is 38.6 Å². The van der Waals surface area contributed by atoms with E-state index in [1.807, 2.05) is 37.2 Å². The monoisotopic (exact) mass is 327 g/mol. The van der Waals surface area contributed by atoms with Crippen molar-refractivity contribution >= 4 is 11.9 Å². The van der Waals surface area contributed by atoms with E-state index in [0.717, 1.165) is 19.6 Å². The molecule has 0 aliphatic carbocycles. The molecule has 0 atom stereocenters. The molecule has 2 aromatic rings. The van der Waals surface area contributed by atoms with Crippen LogP contribution >= 0.6 is 0 Å². The highest BCUT2D eigenvalue weighted by atomic mass is 16.1. The first-order valence-electron chi connectivity index (χ1n) is 8.14. The van der Waals surface area contributed by atoms with Gasteiger partial charge in [0.25, 0.3) is 5.91 Å². The van der Waals surface area contributed by atoms with Gasteiger partial charge in [0.15, 0.2) is 0 Å². The minimum absolute atomic E-state index is 0.144. The molecule has 128 valence electrons. The number of hydrogen-bond donors (Lipinski definition) is 1. The molecule has 1 amide bonds. The van der Waals surface area contributed by atoms with Crippen molar-refractivity contribution in [2.24, 2.45) is 0 Å². The highest BCUT2D eigenvalue weighted by Gasteiger charge is 2.11. The molecule has 0 radical (unpaired) electrons. The fraction of sp³-hybridized carbons (Fsp3) is 0.389. The zero-order chi connectivity index (χ0) is 17.4. The molecule has 0 unspecified atom stereocenters. The summed E-state index contributed by atoms with van der Waals surface area (Å²) in [5, 5.41) is 2.86. The van der Waals surface area contributed by atoms with E-state index in [0.29, 0.717) is 18.1 Å². The van der Waals surface area contributed by atoms with Gasteiger partial charge < -0.3 is 15.1 Å². The summed E-state index contributed by atoms with van der Waals surface area (Å²) in [6.45, 7) is 5.00. The molecule has 0 fully saturated rings. The fourth-order valence-electron chi connectivity index (χ4n) is 2.22. The van der Waals surface area contributed by atoms with Crippen LogP contribution in [0, 0.1) is 0 Å². The van der Waals surface area contributed by atoms with Crippen LogP contribution in [0.3, 0.4) is 0 Å². The summed E-state index contributed by atoms with van der Waals surface area (Å²) < 4.78 is 0. The van der Waals surface area contributed by atoms with Crippen LogP contribution in [0.2, 0.25) is 0 Å². The Bertz CT molecular complexity index is 628. The Morgan fingerprint density at radius 1 is 1.12 bits per heavy atom. The van der Waals surface area contributed by atoms with E-state index >= 15 is 0 Å². The van der Waals surface area contributed by atoms with E-state index in [2.05, 4.69) is 39.2 Å². The molecule has 0 bridgehead atoms. The quantitative estimate of drug-likeness (QED) is 0.801. The van der Waals surface area contributed by atoms with Crippen LogP contribution in [0.1, 0.15) is 22.8 Å². The average Bonchev–Trinajstić information content (AvgIpc) is 2.60. The molecular formula is C18H25N5O. The van der Waals surface area contributed by atoms with Crippen molar-refractivity contribution in [2.45, 2.75) is 13.5 Å². The number of amides is 1. The molecule has 6 nitrogen and oxygen atoms in total. The molecule has 2 rings (SSSR count). The van der Waals surface area contributed by atoms with Gasteiger partial charge in [-0.1, -0.05) is 30.3 Å². The van der Waals surface area contributed by atoms with Gasteiger partial charge in [-0.15, -0.1) is 0 Å². The van der Waals surface area contributed by atoms with Crippen molar-refractivity contribution in [3.05, 3.63) is 53.9 Å². The summed E-state index contributed by atoms with van der Waals surface area (Å²) in [7, 11) is 3.94. The van der Waals surface area contributed by atoms with Crippen LogP contribution in [0.5, 0.6) is 0 Å². The Morgan fingerprint density at radius 2 is 1.79 bits per heavy atom. The highest BCUT2D eigenvalue weighted by molar-refractivity contribution is 5.93. The Balaban J connectivity index is 1.97. The second-order valence-corrected chi connectivity index (χ2v) is 5.83. The van der Waals surface area contributed by atoms with Gasteiger partial charge in [-0.05, 0) is 26.6 Å². The standard InChI is InChI=1S/C18H25N5O/c1-4-23(14-15-8-6-5-7-9-15)18-20-12-16(13-21-18)17(24)19-10-11-22(2)3/h5-9,12-13H,4,10-11,14H2,1-3H3,(H,19,24). The van der Waals surface area contributed by atoms with Crippen LogP contribution < -0.4 is 10.2 Å². The third-order valence-corrected chi connectivity index (χ3v) is 3.63. The van der Waals surface area contributed by atoms with E-state index in [4.69, 9.17) is 0 Å². The minimum atomic E-state index is -0.144. The predicted octanol–water partition coefficient (Wildman–Crippen LogP) is 1.79. The maximum Gasteiger partial charge on any atom is 0.254 e. The first kappa shape index (κ1) is 17.9. The molecule has 0 saturated carbocycles. The van der Waals surface area contributed by atoms with Crippen LogP contribution in [0.15, 0.2) is 42.7 Å². The third-order valence-electron chi connectivity index (χ3n) is 3.63. The molecule has 6 heteroatoms. The number of aromatic nitrogens is 2. The number of nitrogens with zero attached hydrogens (tertiary/aromatic N) is 4. The molecular weight excluding hydrogens is 302 g/mol. The molecule has 1 aromatic carbocycles. The number of benzene rings is 1. The Morgan fingerprint density at radius 3 is 2.38 bits per heavy atom. The predicted molar refractivity (Wildman–Crippen MR) is 96.1 cm³/mol. The van der Waals surface area contributed by atoms with Crippen molar-refractivity contribution in [3.63, 3.8) is 0 Å². The van der Waals surface area contributed by atoms with Gasteiger partial charge in [-0.2, -0.15) is 0 Å². The molecule has 1 heterocycles. The number of anilines is 1.